The molecule has 0 fully saturated rings. The average Bonchev–Trinajstić information content (AvgIpc) is 3.04. The summed E-state index contributed by atoms with van der Waals surface area (Å²) >= 11 is 0. The maximum absolute atomic E-state index is 10.3. The van der Waals surface area contributed by atoms with Crippen molar-refractivity contribution in [1.29, 1.82) is 0 Å². The van der Waals surface area contributed by atoms with Crippen LogP contribution >= 0.6 is 0 Å². The van der Waals surface area contributed by atoms with E-state index in [4.69, 9.17) is 38.6 Å². The van der Waals surface area contributed by atoms with Crippen LogP contribution < -0.4 is 0 Å². The van der Waals surface area contributed by atoms with Crippen LogP contribution in [-0.4, -0.2) is 201 Å². The molecule has 16 nitrogen and oxygen atoms in total. The number of aliphatic hydroxyl groups is 8. The third-order valence-corrected chi connectivity index (χ3v) is 6.11. The first-order valence-electron chi connectivity index (χ1n) is 15.7. The van der Waals surface area contributed by atoms with E-state index in [0.29, 0.717) is 72.5 Å². The van der Waals surface area contributed by atoms with Crippen LogP contribution in [0.3, 0.4) is 0 Å². The fourth-order valence-electron chi connectivity index (χ4n) is 3.65. The molecule has 45 heavy (non-hydrogen) atoms. The number of nitrogens with zero attached hydrogens (tertiary/aromatic N) is 1. The highest BCUT2D eigenvalue weighted by molar-refractivity contribution is 5.49. The van der Waals surface area contributed by atoms with Crippen LogP contribution in [0.1, 0.15) is 33.1 Å². The lowest BCUT2D eigenvalue weighted by Gasteiger charge is -2.32. The Hall–Kier alpha value is -0.930. The van der Waals surface area contributed by atoms with Crippen LogP contribution in [0, 0.1) is 0 Å². The van der Waals surface area contributed by atoms with Crippen LogP contribution in [-0.2, 0) is 33.2 Å². The summed E-state index contributed by atoms with van der Waals surface area (Å²) in [4.78, 5) is 11.6. The second-order valence-electron chi connectivity index (χ2n) is 9.66. The van der Waals surface area contributed by atoms with E-state index in [0.717, 1.165) is 6.29 Å². The average molecular weight is 664 g/mol. The Morgan fingerprint density at radius 3 is 1.13 bits per heavy atom. The topological polar surface area (TPSA) is 238 Å². The molecule has 0 bridgehead atoms. The molecular weight excluding hydrogens is 602 g/mol. The van der Waals surface area contributed by atoms with Crippen molar-refractivity contribution in [3.05, 3.63) is 0 Å². The van der Waals surface area contributed by atoms with Crippen molar-refractivity contribution in [1.82, 2.24) is 4.90 Å². The zero-order valence-electron chi connectivity index (χ0n) is 27.1. The van der Waals surface area contributed by atoms with E-state index in [2.05, 4.69) is 0 Å². The zero-order chi connectivity index (χ0) is 34.1. The molecule has 0 heterocycles. The number of aliphatic hydroxyl groups excluding tert-OH is 8. The summed E-state index contributed by atoms with van der Waals surface area (Å²) in [5.41, 5.74) is 0. The monoisotopic (exact) mass is 663 g/mol. The van der Waals surface area contributed by atoms with Crippen LogP contribution in [0.2, 0.25) is 0 Å². The van der Waals surface area contributed by atoms with Crippen LogP contribution in [0.4, 0.5) is 0 Å². The van der Waals surface area contributed by atoms with Gasteiger partial charge >= 0.3 is 0 Å². The maximum Gasteiger partial charge on any atom is 0.122 e. The summed E-state index contributed by atoms with van der Waals surface area (Å²) < 4.78 is 32.3. The van der Waals surface area contributed by atoms with Gasteiger partial charge in [-0.25, -0.2) is 0 Å². The fraction of sp³-hybridized carbons (Fsp3) is 0.966. The van der Waals surface area contributed by atoms with E-state index in [9.17, 15) is 35.4 Å². The highest BCUT2D eigenvalue weighted by atomic mass is 16.6. The van der Waals surface area contributed by atoms with Gasteiger partial charge in [0.2, 0.25) is 0 Å². The highest BCUT2D eigenvalue weighted by Gasteiger charge is 2.30. The lowest BCUT2D eigenvalue weighted by Crippen LogP contribution is -2.50. The zero-order valence-corrected chi connectivity index (χ0v) is 27.1. The molecule has 8 N–H and O–H groups in total. The standard InChI is InChI=1S/C27H55NO15.C2H6/c29-5-1-8-38-10-12-40-14-16-42-18-19-43-17-15-41-13-11-39-9-4-28(20-24(34)26(36)22(32)2-6-30)21-25(35)27(37)23(33)3-7-31;1-2/h5,22-27,30-37H,1-4,6-21H2;1-2H3. The van der Waals surface area contributed by atoms with Crippen molar-refractivity contribution >= 4 is 6.29 Å². The van der Waals surface area contributed by atoms with E-state index >= 15 is 0 Å². The number of aldehydes is 1. The SMILES string of the molecule is CC.O=CCCOCCOCCOCCOCCOCCOCCN(CC(O)C(O)C(O)CCO)CC(O)C(O)C(O)CCO. The van der Waals surface area contributed by atoms with Crippen molar-refractivity contribution < 1.29 is 74.1 Å². The van der Waals surface area contributed by atoms with Gasteiger partial charge in [-0.05, 0) is 12.8 Å². The number of carbonyl (C=O) groups is 1. The molecular formula is C29H61NO15. The molecule has 0 rings (SSSR count). The molecule has 0 aromatic rings. The Balaban J connectivity index is 0. The molecule has 0 saturated carbocycles. The first-order chi connectivity index (χ1) is 21.8. The van der Waals surface area contributed by atoms with Gasteiger partial charge in [-0.15, -0.1) is 0 Å². The Morgan fingerprint density at radius 2 is 0.822 bits per heavy atom. The van der Waals surface area contributed by atoms with E-state index in [-0.39, 0.29) is 58.9 Å². The third kappa shape index (κ3) is 27.9. The van der Waals surface area contributed by atoms with Crippen molar-refractivity contribution in [3.8, 4) is 0 Å². The molecule has 0 aromatic heterocycles. The molecule has 6 atom stereocenters. The molecule has 0 aliphatic heterocycles. The van der Waals surface area contributed by atoms with Gasteiger partial charge in [0.1, 0.15) is 18.5 Å². The van der Waals surface area contributed by atoms with Gasteiger partial charge in [-0.3, -0.25) is 4.90 Å². The van der Waals surface area contributed by atoms with Gasteiger partial charge in [-0.1, -0.05) is 13.8 Å². The van der Waals surface area contributed by atoms with Crippen LogP contribution in [0.15, 0.2) is 0 Å². The second kappa shape index (κ2) is 34.4. The van der Waals surface area contributed by atoms with Crippen molar-refractivity contribution in [2.24, 2.45) is 0 Å². The highest BCUT2D eigenvalue weighted by Crippen LogP contribution is 2.10. The van der Waals surface area contributed by atoms with Gasteiger partial charge in [-0.2, -0.15) is 0 Å². The summed E-state index contributed by atoms with van der Waals surface area (Å²) in [6, 6.07) is 0. The fourth-order valence-corrected chi connectivity index (χ4v) is 3.65. The summed E-state index contributed by atoms with van der Waals surface area (Å²) in [6.45, 7) is 7.38. The molecule has 0 amide bonds. The maximum atomic E-state index is 10.3. The van der Waals surface area contributed by atoms with Crippen LogP contribution in [0.25, 0.3) is 0 Å². The molecule has 16 heteroatoms. The molecule has 0 aromatic carbocycles. The van der Waals surface area contributed by atoms with Gasteiger partial charge in [0, 0.05) is 39.3 Å². The molecule has 0 aliphatic carbocycles. The Labute approximate surface area is 267 Å². The van der Waals surface area contributed by atoms with E-state index in [1.165, 1.54) is 4.90 Å². The lowest BCUT2D eigenvalue weighted by molar-refractivity contribution is -0.109. The molecule has 0 saturated heterocycles. The number of carbonyl (C=O) groups excluding carboxylic acids is 1. The Morgan fingerprint density at radius 1 is 0.511 bits per heavy atom. The number of ether oxygens (including phenoxy) is 6. The normalized spacial score (nSPS) is 15.6. The van der Waals surface area contributed by atoms with Gasteiger partial charge in [0.15, 0.2) is 0 Å². The molecule has 0 spiro atoms. The quantitative estimate of drug-likeness (QED) is 0.0257. The van der Waals surface area contributed by atoms with Gasteiger partial charge in [0.25, 0.3) is 0 Å². The second-order valence-corrected chi connectivity index (χ2v) is 9.66. The number of hydrogen-bond acceptors (Lipinski definition) is 16. The molecule has 0 aliphatic rings. The van der Waals surface area contributed by atoms with Crippen molar-refractivity contribution in [2.75, 3.05) is 112 Å². The summed E-state index contributed by atoms with van der Waals surface area (Å²) in [5, 5.41) is 78.5. The first kappa shape index (κ1) is 46.2. The third-order valence-electron chi connectivity index (χ3n) is 6.11. The number of rotatable bonds is 33. The lowest BCUT2D eigenvalue weighted by atomic mass is 10.0. The largest absolute Gasteiger partial charge is 0.396 e. The molecule has 6 unspecified atom stereocenters. The Kier molecular flexibility index (Phi) is 35.3. The molecule has 0 radical (unpaired) electrons. The number of hydrogen-bond donors (Lipinski definition) is 8. The van der Waals surface area contributed by atoms with Crippen molar-refractivity contribution in [2.45, 2.75) is 69.7 Å². The first-order valence-corrected chi connectivity index (χ1v) is 15.7. The minimum absolute atomic E-state index is 0.132. The van der Waals surface area contributed by atoms with Gasteiger partial charge in [0.05, 0.1) is 104 Å². The van der Waals surface area contributed by atoms with Gasteiger partial charge < -0.3 is 74.1 Å². The summed E-state index contributed by atoms with van der Waals surface area (Å²) in [5.74, 6) is 0. The van der Waals surface area contributed by atoms with E-state index < -0.39 is 36.6 Å². The Bertz CT molecular complexity index is 584. The van der Waals surface area contributed by atoms with E-state index in [1.807, 2.05) is 13.8 Å². The van der Waals surface area contributed by atoms with E-state index in [1.54, 1.807) is 0 Å². The predicted molar refractivity (Wildman–Crippen MR) is 163 cm³/mol. The predicted octanol–water partition coefficient (Wildman–Crippen LogP) is -3.07. The van der Waals surface area contributed by atoms with Crippen molar-refractivity contribution in [3.63, 3.8) is 0 Å². The summed E-state index contributed by atoms with van der Waals surface area (Å²) in [7, 11) is 0. The van der Waals surface area contributed by atoms with Crippen LogP contribution in [0.5, 0.6) is 0 Å². The minimum atomic E-state index is -1.55. The smallest absolute Gasteiger partial charge is 0.122 e. The summed E-state index contributed by atoms with van der Waals surface area (Å²) in [6.07, 6.45) is -7.75. The minimum Gasteiger partial charge on any atom is -0.396 e. The molecule has 272 valence electrons.